The Bertz CT molecular complexity index is 1450. The van der Waals surface area contributed by atoms with E-state index in [1.54, 1.807) is 24.3 Å². The van der Waals surface area contributed by atoms with Crippen LogP contribution >= 0.6 is 23.2 Å². The van der Waals surface area contributed by atoms with Gasteiger partial charge in [0.25, 0.3) is 0 Å². The Morgan fingerprint density at radius 3 is 2.54 bits per heavy atom. The standard InChI is InChI=1S/C31H31Cl2N3O3/c1-31(2)16-25-29(27(38)17-31)30(20-9-12-22(32)23(33)15-20)36(26-6-4-3-5-24(26)35-25)18-28(39)34-14-13-19-7-10-21(37)11-8-19/h3-12,15,30,35,37H,13-14,16-18H2,1-2H3,(H,34,39). The van der Waals surface area contributed by atoms with Crippen LogP contribution in [0.2, 0.25) is 10.0 Å². The van der Waals surface area contributed by atoms with Gasteiger partial charge in [-0.25, -0.2) is 0 Å². The van der Waals surface area contributed by atoms with Crippen LogP contribution < -0.4 is 15.5 Å². The molecule has 0 radical (unpaired) electrons. The lowest BCUT2D eigenvalue weighted by atomic mass is 9.73. The number of anilines is 2. The molecule has 0 saturated carbocycles. The Labute approximate surface area is 238 Å². The Morgan fingerprint density at radius 1 is 1.05 bits per heavy atom. The molecule has 0 aromatic heterocycles. The quantitative estimate of drug-likeness (QED) is 0.312. The molecule has 3 aromatic carbocycles. The van der Waals surface area contributed by atoms with Crippen molar-refractivity contribution in [3.05, 3.63) is 99.2 Å². The van der Waals surface area contributed by atoms with Gasteiger partial charge >= 0.3 is 0 Å². The van der Waals surface area contributed by atoms with E-state index in [-0.39, 0.29) is 29.4 Å². The van der Waals surface area contributed by atoms with E-state index >= 15 is 0 Å². The minimum absolute atomic E-state index is 0.0344. The molecule has 1 aliphatic carbocycles. The number of halogens is 2. The average molecular weight is 565 g/mol. The Hall–Kier alpha value is -3.48. The summed E-state index contributed by atoms with van der Waals surface area (Å²) in [6, 6.07) is 19.6. The van der Waals surface area contributed by atoms with E-state index in [1.165, 1.54) is 0 Å². The zero-order valence-electron chi connectivity index (χ0n) is 21.9. The van der Waals surface area contributed by atoms with Crippen LogP contribution in [0.5, 0.6) is 5.75 Å². The molecular weight excluding hydrogens is 533 g/mol. The maximum atomic E-state index is 13.8. The summed E-state index contributed by atoms with van der Waals surface area (Å²) in [5.74, 6) is 0.0931. The van der Waals surface area contributed by atoms with Crippen LogP contribution in [0, 0.1) is 5.41 Å². The monoisotopic (exact) mass is 563 g/mol. The summed E-state index contributed by atoms with van der Waals surface area (Å²) in [5, 5.41) is 16.9. The number of amides is 1. The van der Waals surface area contributed by atoms with Crippen molar-refractivity contribution in [1.82, 2.24) is 5.32 Å². The van der Waals surface area contributed by atoms with Crippen LogP contribution in [-0.4, -0.2) is 29.9 Å². The van der Waals surface area contributed by atoms with Crippen LogP contribution in [0.15, 0.2) is 78.0 Å². The van der Waals surface area contributed by atoms with E-state index in [0.29, 0.717) is 41.4 Å². The summed E-state index contributed by atoms with van der Waals surface area (Å²) < 4.78 is 0. The molecule has 0 spiro atoms. The third kappa shape index (κ3) is 5.92. The first kappa shape index (κ1) is 27.1. The second-order valence-electron chi connectivity index (χ2n) is 10.9. The van der Waals surface area contributed by atoms with Crippen molar-refractivity contribution in [2.45, 2.75) is 39.2 Å². The summed E-state index contributed by atoms with van der Waals surface area (Å²) in [5.41, 5.74) is 4.80. The molecule has 1 atom stereocenters. The van der Waals surface area contributed by atoms with Crippen molar-refractivity contribution in [2.75, 3.05) is 23.3 Å². The van der Waals surface area contributed by atoms with Gasteiger partial charge in [-0.1, -0.05) is 67.4 Å². The molecule has 0 bridgehead atoms. The molecule has 202 valence electrons. The summed E-state index contributed by atoms with van der Waals surface area (Å²) >= 11 is 12.7. The van der Waals surface area contributed by atoms with E-state index in [0.717, 1.165) is 28.2 Å². The predicted octanol–water partition coefficient (Wildman–Crippen LogP) is 6.67. The molecule has 39 heavy (non-hydrogen) atoms. The van der Waals surface area contributed by atoms with Gasteiger partial charge in [0.15, 0.2) is 5.78 Å². The normalized spacial score (nSPS) is 18.1. The van der Waals surface area contributed by atoms with E-state index in [9.17, 15) is 14.7 Å². The predicted molar refractivity (Wildman–Crippen MR) is 156 cm³/mol. The molecule has 1 unspecified atom stereocenters. The van der Waals surface area contributed by atoms with Gasteiger partial charge in [0.1, 0.15) is 5.75 Å². The third-order valence-electron chi connectivity index (χ3n) is 7.25. The molecule has 1 heterocycles. The number of benzene rings is 3. The Morgan fingerprint density at radius 2 is 1.79 bits per heavy atom. The molecular formula is C31H31Cl2N3O3. The first-order valence-electron chi connectivity index (χ1n) is 13.0. The van der Waals surface area contributed by atoms with Crippen molar-refractivity contribution >= 4 is 46.3 Å². The van der Waals surface area contributed by atoms with Gasteiger partial charge in [-0.2, -0.15) is 0 Å². The topological polar surface area (TPSA) is 81.7 Å². The molecule has 3 N–H and O–H groups in total. The Balaban J connectivity index is 1.52. The highest BCUT2D eigenvalue weighted by Crippen LogP contribution is 2.48. The van der Waals surface area contributed by atoms with Crippen molar-refractivity contribution in [3.8, 4) is 5.75 Å². The van der Waals surface area contributed by atoms with Gasteiger partial charge in [0.2, 0.25) is 5.91 Å². The van der Waals surface area contributed by atoms with E-state index in [4.69, 9.17) is 23.2 Å². The number of aromatic hydroxyl groups is 1. The van der Waals surface area contributed by atoms with E-state index in [1.807, 2.05) is 47.4 Å². The van der Waals surface area contributed by atoms with Crippen molar-refractivity contribution in [3.63, 3.8) is 0 Å². The first-order chi connectivity index (χ1) is 18.6. The van der Waals surface area contributed by atoms with Crippen LogP contribution in [0.3, 0.4) is 0 Å². The molecule has 3 aromatic rings. The largest absolute Gasteiger partial charge is 0.508 e. The number of hydrogen-bond acceptors (Lipinski definition) is 5. The first-order valence-corrected chi connectivity index (χ1v) is 13.8. The molecule has 1 amide bonds. The second kappa shape index (κ2) is 10.9. The number of Topliss-reactive ketones (excluding diaryl/α,β-unsaturated/α-hetero) is 1. The maximum Gasteiger partial charge on any atom is 0.239 e. The van der Waals surface area contributed by atoms with E-state index in [2.05, 4.69) is 24.5 Å². The fourth-order valence-electron chi connectivity index (χ4n) is 5.48. The van der Waals surface area contributed by atoms with E-state index < -0.39 is 6.04 Å². The number of hydrogen-bond donors (Lipinski definition) is 3. The summed E-state index contributed by atoms with van der Waals surface area (Å²) in [6.45, 7) is 4.67. The zero-order valence-corrected chi connectivity index (χ0v) is 23.4. The lowest BCUT2D eigenvalue weighted by molar-refractivity contribution is -0.120. The molecule has 5 rings (SSSR count). The van der Waals surface area contributed by atoms with Gasteiger partial charge < -0.3 is 20.6 Å². The van der Waals surface area contributed by atoms with Crippen LogP contribution in [0.1, 0.15) is 43.9 Å². The number of carbonyl (C=O) groups excluding carboxylic acids is 2. The Kier molecular flexibility index (Phi) is 7.61. The lowest BCUT2D eigenvalue weighted by Gasteiger charge is -2.38. The van der Waals surface area contributed by atoms with Crippen LogP contribution in [-0.2, 0) is 16.0 Å². The number of ketones is 1. The fourth-order valence-corrected chi connectivity index (χ4v) is 5.78. The highest BCUT2D eigenvalue weighted by atomic mass is 35.5. The number of fused-ring (bicyclic) bond motifs is 1. The lowest BCUT2D eigenvalue weighted by Crippen LogP contribution is -2.42. The molecule has 2 aliphatic rings. The van der Waals surface area contributed by atoms with Crippen LogP contribution in [0.4, 0.5) is 11.4 Å². The average Bonchev–Trinajstić information content (AvgIpc) is 3.01. The molecule has 6 nitrogen and oxygen atoms in total. The number of nitrogens with one attached hydrogen (secondary N) is 2. The minimum Gasteiger partial charge on any atom is -0.508 e. The maximum absolute atomic E-state index is 13.8. The summed E-state index contributed by atoms with van der Waals surface area (Å²) in [4.78, 5) is 29.1. The van der Waals surface area contributed by atoms with Crippen molar-refractivity contribution < 1.29 is 14.7 Å². The zero-order chi connectivity index (χ0) is 27.7. The smallest absolute Gasteiger partial charge is 0.239 e. The van der Waals surface area contributed by atoms with Gasteiger partial charge in [-0.3, -0.25) is 9.59 Å². The molecule has 8 heteroatoms. The van der Waals surface area contributed by atoms with Gasteiger partial charge in [-0.15, -0.1) is 0 Å². The summed E-state index contributed by atoms with van der Waals surface area (Å²) in [7, 11) is 0. The fraction of sp³-hybridized carbons (Fsp3) is 0.290. The van der Waals surface area contributed by atoms with Gasteiger partial charge in [0, 0.05) is 24.2 Å². The highest BCUT2D eigenvalue weighted by Gasteiger charge is 2.42. The number of rotatable bonds is 6. The third-order valence-corrected chi connectivity index (χ3v) is 7.99. The van der Waals surface area contributed by atoms with Gasteiger partial charge in [-0.05, 0) is 65.8 Å². The number of carbonyl (C=O) groups is 2. The number of para-hydroxylation sites is 2. The molecule has 0 fully saturated rings. The van der Waals surface area contributed by atoms with Crippen molar-refractivity contribution in [2.24, 2.45) is 5.41 Å². The number of phenolic OH excluding ortho intramolecular Hbond substituents is 1. The number of allylic oxidation sites excluding steroid dienone is 1. The van der Waals surface area contributed by atoms with Crippen molar-refractivity contribution in [1.29, 1.82) is 0 Å². The highest BCUT2D eigenvalue weighted by molar-refractivity contribution is 6.42. The molecule has 0 saturated heterocycles. The van der Waals surface area contributed by atoms with Crippen LogP contribution in [0.25, 0.3) is 0 Å². The second-order valence-corrected chi connectivity index (χ2v) is 11.8. The molecule has 1 aliphatic heterocycles. The minimum atomic E-state index is -0.530. The summed E-state index contributed by atoms with van der Waals surface area (Å²) in [6.07, 6.45) is 1.74. The van der Waals surface area contributed by atoms with Gasteiger partial charge in [0.05, 0.1) is 34.0 Å². The number of phenols is 1. The number of nitrogens with zero attached hydrogens (tertiary/aromatic N) is 1. The SMILES string of the molecule is CC1(C)CC(=O)C2=C(C1)Nc1ccccc1N(CC(=O)NCCc1ccc(O)cc1)C2c1ccc(Cl)c(Cl)c1.